The van der Waals surface area contributed by atoms with Crippen LogP contribution in [0.25, 0.3) is 5.69 Å². The minimum Gasteiger partial charge on any atom is -0.351 e. The van der Waals surface area contributed by atoms with Crippen molar-refractivity contribution in [2.24, 2.45) is 0 Å². The first-order valence-electron chi connectivity index (χ1n) is 11.8. The van der Waals surface area contributed by atoms with Crippen LogP contribution in [0.5, 0.6) is 0 Å². The van der Waals surface area contributed by atoms with Gasteiger partial charge in [-0.1, -0.05) is 18.2 Å². The van der Waals surface area contributed by atoms with E-state index in [9.17, 15) is 4.39 Å². The van der Waals surface area contributed by atoms with Gasteiger partial charge in [-0.05, 0) is 112 Å². The molecule has 0 saturated carbocycles. The Labute approximate surface area is 211 Å². The number of aryl methyl sites for hydroxylation is 3. The lowest BCUT2D eigenvalue weighted by atomic mass is 9.96. The van der Waals surface area contributed by atoms with Crippen molar-refractivity contribution in [1.82, 2.24) is 14.9 Å². The molecule has 0 unspecified atom stereocenters. The third-order valence-corrected chi connectivity index (χ3v) is 7.44. The van der Waals surface area contributed by atoms with E-state index in [1.54, 1.807) is 19.2 Å². The lowest BCUT2D eigenvalue weighted by Gasteiger charge is -2.28. The van der Waals surface area contributed by atoms with E-state index in [2.05, 4.69) is 71.7 Å². The van der Waals surface area contributed by atoms with Gasteiger partial charge in [0.2, 0.25) is 0 Å². The maximum Gasteiger partial charge on any atom is 0.174 e. The smallest absolute Gasteiger partial charge is 0.174 e. The van der Waals surface area contributed by atoms with E-state index in [4.69, 9.17) is 12.2 Å². The highest BCUT2D eigenvalue weighted by Gasteiger charge is 2.42. The highest BCUT2D eigenvalue weighted by molar-refractivity contribution is 7.80. The van der Waals surface area contributed by atoms with E-state index in [0.717, 1.165) is 28.3 Å². The van der Waals surface area contributed by atoms with Gasteiger partial charge in [-0.2, -0.15) is 0 Å². The van der Waals surface area contributed by atoms with Gasteiger partial charge in [-0.25, -0.2) is 4.39 Å². The first-order valence-corrected chi connectivity index (χ1v) is 12.2. The van der Waals surface area contributed by atoms with Gasteiger partial charge in [0.05, 0.1) is 17.8 Å². The number of thiocarbonyl (C=S) groups is 1. The SMILES string of the molecule is Cc1cc(N2C(=S)N[C@H](c3ccccn3)[C@H]2c2cc(C)n(-c3cccc(C)c3C)c2C)ccc1F. The lowest BCUT2D eigenvalue weighted by molar-refractivity contribution is 0.564. The molecule has 2 atom stereocenters. The predicted octanol–water partition coefficient (Wildman–Crippen LogP) is 6.73. The minimum atomic E-state index is -0.224. The van der Waals surface area contributed by atoms with Gasteiger partial charge in [-0.15, -0.1) is 0 Å². The van der Waals surface area contributed by atoms with Gasteiger partial charge in [0, 0.05) is 29.0 Å². The van der Waals surface area contributed by atoms with Crippen molar-refractivity contribution in [3.8, 4) is 5.69 Å². The summed E-state index contributed by atoms with van der Waals surface area (Å²) in [5.41, 5.74) is 9.52. The molecule has 0 bridgehead atoms. The molecule has 178 valence electrons. The van der Waals surface area contributed by atoms with Gasteiger partial charge in [-0.3, -0.25) is 4.98 Å². The second kappa shape index (κ2) is 8.93. The van der Waals surface area contributed by atoms with Crippen LogP contribution in [0.4, 0.5) is 10.1 Å². The topological polar surface area (TPSA) is 33.1 Å². The molecule has 0 radical (unpaired) electrons. The fourth-order valence-electron chi connectivity index (χ4n) is 5.16. The maximum atomic E-state index is 14.1. The zero-order valence-corrected chi connectivity index (χ0v) is 21.4. The normalized spacial score (nSPS) is 17.7. The Kier molecular flexibility index (Phi) is 5.93. The van der Waals surface area contributed by atoms with Crippen LogP contribution in [0.15, 0.2) is 66.9 Å². The number of halogens is 1. The van der Waals surface area contributed by atoms with Crippen LogP contribution in [0.1, 0.15) is 51.4 Å². The number of hydrogen-bond donors (Lipinski definition) is 1. The molecule has 1 aliphatic heterocycles. The molecule has 0 spiro atoms. The molecule has 1 N–H and O–H groups in total. The third kappa shape index (κ3) is 3.92. The monoisotopic (exact) mass is 484 g/mol. The fourth-order valence-corrected chi connectivity index (χ4v) is 5.51. The Hall–Kier alpha value is -3.51. The van der Waals surface area contributed by atoms with E-state index in [1.807, 2.05) is 24.3 Å². The second-order valence-corrected chi connectivity index (χ2v) is 9.70. The summed E-state index contributed by atoms with van der Waals surface area (Å²) in [4.78, 5) is 6.77. The van der Waals surface area contributed by atoms with Crippen molar-refractivity contribution < 1.29 is 4.39 Å². The zero-order chi connectivity index (χ0) is 24.9. The summed E-state index contributed by atoms with van der Waals surface area (Å²) < 4.78 is 16.5. The number of aromatic nitrogens is 2. The molecule has 3 heterocycles. The molecular weight excluding hydrogens is 455 g/mol. The first kappa shape index (κ1) is 23.2. The number of nitrogens with zero attached hydrogens (tertiary/aromatic N) is 3. The number of rotatable bonds is 4. The number of nitrogens with one attached hydrogen (secondary N) is 1. The highest BCUT2D eigenvalue weighted by atomic mass is 32.1. The molecule has 35 heavy (non-hydrogen) atoms. The predicted molar refractivity (Wildman–Crippen MR) is 144 cm³/mol. The quantitative estimate of drug-likeness (QED) is 0.326. The van der Waals surface area contributed by atoms with E-state index in [1.165, 1.54) is 22.9 Å². The molecule has 0 amide bonds. The van der Waals surface area contributed by atoms with Crippen LogP contribution in [0, 0.1) is 40.4 Å². The van der Waals surface area contributed by atoms with Crippen LogP contribution in [0.2, 0.25) is 0 Å². The van der Waals surface area contributed by atoms with Crippen molar-refractivity contribution in [2.75, 3.05) is 4.90 Å². The highest BCUT2D eigenvalue weighted by Crippen LogP contribution is 2.44. The zero-order valence-electron chi connectivity index (χ0n) is 20.6. The Balaban J connectivity index is 1.71. The molecule has 5 rings (SSSR count). The number of pyridine rings is 1. The molecule has 1 fully saturated rings. The molecule has 4 nitrogen and oxygen atoms in total. The first-order chi connectivity index (χ1) is 16.8. The Morgan fingerprint density at radius 3 is 2.43 bits per heavy atom. The molecule has 2 aromatic carbocycles. The van der Waals surface area contributed by atoms with Crippen LogP contribution in [0.3, 0.4) is 0 Å². The van der Waals surface area contributed by atoms with Crippen molar-refractivity contribution in [2.45, 2.75) is 46.7 Å². The summed E-state index contributed by atoms with van der Waals surface area (Å²) >= 11 is 5.85. The summed E-state index contributed by atoms with van der Waals surface area (Å²) in [5.74, 6) is -0.224. The third-order valence-electron chi connectivity index (χ3n) is 7.12. The molecule has 0 aliphatic carbocycles. The van der Waals surface area contributed by atoms with Crippen molar-refractivity contribution in [3.63, 3.8) is 0 Å². The van der Waals surface area contributed by atoms with E-state index >= 15 is 0 Å². The number of anilines is 1. The second-order valence-electron chi connectivity index (χ2n) is 9.31. The van der Waals surface area contributed by atoms with Gasteiger partial charge >= 0.3 is 0 Å². The van der Waals surface area contributed by atoms with Gasteiger partial charge < -0.3 is 14.8 Å². The molecule has 2 aromatic heterocycles. The number of hydrogen-bond acceptors (Lipinski definition) is 2. The van der Waals surface area contributed by atoms with Crippen molar-refractivity contribution in [3.05, 3.63) is 112 Å². The van der Waals surface area contributed by atoms with E-state index < -0.39 is 0 Å². The molecule has 1 aliphatic rings. The van der Waals surface area contributed by atoms with Gasteiger partial charge in [0.15, 0.2) is 5.11 Å². The largest absolute Gasteiger partial charge is 0.351 e. The van der Waals surface area contributed by atoms with Crippen LogP contribution >= 0.6 is 12.2 Å². The van der Waals surface area contributed by atoms with Crippen LogP contribution in [-0.4, -0.2) is 14.7 Å². The van der Waals surface area contributed by atoms with Crippen molar-refractivity contribution >= 4 is 23.0 Å². The summed E-state index contributed by atoms with van der Waals surface area (Å²) in [6, 6.07) is 19.5. The summed E-state index contributed by atoms with van der Waals surface area (Å²) in [5, 5.41) is 4.11. The Morgan fingerprint density at radius 1 is 0.914 bits per heavy atom. The maximum absolute atomic E-state index is 14.1. The van der Waals surface area contributed by atoms with E-state index in [-0.39, 0.29) is 17.9 Å². The average molecular weight is 485 g/mol. The number of benzene rings is 2. The average Bonchev–Trinajstić information content (AvgIpc) is 3.33. The molecule has 1 saturated heterocycles. The molecule has 4 aromatic rings. The lowest BCUT2D eigenvalue weighted by Crippen LogP contribution is -2.29. The summed E-state index contributed by atoms with van der Waals surface area (Å²) in [6.07, 6.45) is 1.81. The molecular formula is C29H29FN4S. The summed E-state index contributed by atoms with van der Waals surface area (Å²) in [7, 11) is 0. The van der Waals surface area contributed by atoms with Gasteiger partial charge in [0.1, 0.15) is 5.82 Å². The van der Waals surface area contributed by atoms with Crippen LogP contribution < -0.4 is 10.2 Å². The van der Waals surface area contributed by atoms with Crippen LogP contribution in [-0.2, 0) is 0 Å². The fraction of sp³-hybridized carbons (Fsp3) is 0.241. The summed E-state index contributed by atoms with van der Waals surface area (Å²) in [6.45, 7) is 10.4. The Morgan fingerprint density at radius 2 is 1.71 bits per heavy atom. The standard InChI is InChI=1S/C29H29FN4S/c1-17-9-8-11-26(20(17)4)33-19(3)16-23(21(33)5)28-27(25-10-6-7-14-31-25)32-29(35)34(28)22-12-13-24(30)18(2)15-22/h6-16,27-28H,1-5H3,(H,32,35)/t27-,28-/m1/s1. The Bertz CT molecular complexity index is 1430. The van der Waals surface area contributed by atoms with Gasteiger partial charge in [0.25, 0.3) is 0 Å². The van der Waals surface area contributed by atoms with Crippen molar-refractivity contribution in [1.29, 1.82) is 0 Å². The molecule has 6 heteroatoms. The van der Waals surface area contributed by atoms with E-state index in [0.29, 0.717) is 10.7 Å². The minimum absolute atomic E-state index is 0.146.